The Bertz CT molecular complexity index is 1410. The van der Waals surface area contributed by atoms with Gasteiger partial charge >= 0.3 is 0 Å². The summed E-state index contributed by atoms with van der Waals surface area (Å²) in [6.07, 6.45) is 2.27. The van der Waals surface area contributed by atoms with Crippen molar-refractivity contribution >= 4 is 21.8 Å². The summed E-state index contributed by atoms with van der Waals surface area (Å²) in [5.41, 5.74) is 7.80. The number of aromatic nitrogens is 2. The number of rotatable bonds is 5. The number of ether oxygens (including phenoxy) is 2. The van der Waals surface area contributed by atoms with E-state index in [2.05, 4.69) is 57.2 Å². The molecule has 5 nitrogen and oxygen atoms in total. The fourth-order valence-electron chi connectivity index (χ4n) is 5.18. The van der Waals surface area contributed by atoms with Crippen molar-refractivity contribution in [3.8, 4) is 16.9 Å². The lowest BCUT2D eigenvalue weighted by Gasteiger charge is -2.30. The van der Waals surface area contributed by atoms with Crippen molar-refractivity contribution in [2.24, 2.45) is 0 Å². The Kier molecular flexibility index (Phi) is 6.02. The molecule has 1 atom stereocenters. The van der Waals surface area contributed by atoms with E-state index < -0.39 is 11.7 Å². The average Bonchev–Trinajstić information content (AvgIpc) is 2.82. The van der Waals surface area contributed by atoms with E-state index in [4.69, 9.17) is 19.4 Å². The SMILES string of the molecule is Cc1cc2nc(C(C)C)ccc2c(-c2ccc3c4c(ccnc24)CCO3)c1C(CO)OC(C)(C)C. The predicted octanol–water partition coefficient (Wildman–Crippen LogP) is 6.67. The average molecular weight is 471 g/mol. The third-order valence-electron chi connectivity index (χ3n) is 6.68. The lowest BCUT2D eigenvalue weighted by atomic mass is 9.86. The summed E-state index contributed by atoms with van der Waals surface area (Å²) in [6, 6.07) is 12.6. The molecule has 35 heavy (non-hydrogen) atoms. The number of aryl methyl sites for hydroxylation is 1. The summed E-state index contributed by atoms with van der Waals surface area (Å²) in [4.78, 5) is 9.86. The molecule has 0 saturated heterocycles. The molecule has 0 aliphatic carbocycles. The minimum Gasteiger partial charge on any atom is -0.493 e. The number of hydrogen-bond donors (Lipinski definition) is 1. The van der Waals surface area contributed by atoms with Crippen LogP contribution in [-0.4, -0.2) is 33.9 Å². The first kappa shape index (κ1) is 23.7. The number of nitrogens with zero attached hydrogens (tertiary/aromatic N) is 2. The molecule has 0 spiro atoms. The molecule has 4 aromatic rings. The molecule has 182 valence electrons. The standard InChI is InChI=1S/C30H34N2O3/c1-17(2)22-9-7-20-23(32-22)15-18(3)26(25(16-33)35-30(4,5)6)28(20)21-8-10-24-27-19(12-14-34-24)11-13-31-29(21)27/h7-11,13,15,17,25,33H,12,14,16H2,1-6H3. The number of hydrogen-bond acceptors (Lipinski definition) is 5. The van der Waals surface area contributed by atoms with Crippen LogP contribution in [0.3, 0.4) is 0 Å². The number of aliphatic hydroxyl groups excluding tert-OH is 1. The van der Waals surface area contributed by atoms with Crippen LogP contribution in [-0.2, 0) is 11.2 Å². The molecule has 1 aliphatic rings. The van der Waals surface area contributed by atoms with E-state index in [-0.39, 0.29) is 6.61 Å². The summed E-state index contributed by atoms with van der Waals surface area (Å²) in [5.74, 6) is 1.21. The molecule has 2 aromatic heterocycles. The smallest absolute Gasteiger partial charge is 0.129 e. The monoisotopic (exact) mass is 470 g/mol. The summed E-state index contributed by atoms with van der Waals surface area (Å²) < 4.78 is 12.4. The summed E-state index contributed by atoms with van der Waals surface area (Å²) in [7, 11) is 0. The van der Waals surface area contributed by atoms with Crippen molar-refractivity contribution in [1.82, 2.24) is 9.97 Å². The second kappa shape index (κ2) is 8.89. The van der Waals surface area contributed by atoms with Gasteiger partial charge in [-0.25, -0.2) is 0 Å². The molecule has 0 amide bonds. The second-order valence-corrected chi connectivity index (χ2v) is 10.7. The molecule has 5 heteroatoms. The summed E-state index contributed by atoms with van der Waals surface area (Å²) in [6.45, 7) is 13.0. The molecular weight excluding hydrogens is 436 g/mol. The van der Waals surface area contributed by atoms with Gasteiger partial charge < -0.3 is 14.6 Å². The van der Waals surface area contributed by atoms with Crippen molar-refractivity contribution < 1.29 is 14.6 Å². The maximum absolute atomic E-state index is 10.5. The first-order valence-electron chi connectivity index (χ1n) is 12.4. The van der Waals surface area contributed by atoms with Crippen LogP contribution in [0, 0.1) is 6.92 Å². The van der Waals surface area contributed by atoms with Crippen LogP contribution < -0.4 is 4.74 Å². The minimum atomic E-state index is -0.485. The number of pyridine rings is 2. The maximum Gasteiger partial charge on any atom is 0.129 e. The van der Waals surface area contributed by atoms with Gasteiger partial charge in [-0.15, -0.1) is 0 Å². The van der Waals surface area contributed by atoms with Crippen molar-refractivity contribution in [2.75, 3.05) is 13.2 Å². The number of aliphatic hydroxyl groups is 1. The van der Waals surface area contributed by atoms with Crippen molar-refractivity contribution in [1.29, 1.82) is 0 Å². The van der Waals surface area contributed by atoms with Gasteiger partial charge in [0.2, 0.25) is 0 Å². The molecular formula is C30H34N2O3. The van der Waals surface area contributed by atoms with Crippen molar-refractivity contribution in [3.05, 3.63) is 65.0 Å². The molecule has 2 aromatic carbocycles. The van der Waals surface area contributed by atoms with E-state index in [1.165, 1.54) is 5.56 Å². The second-order valence-electron chi connectivity index (χ2n) is 10.7. The van der Waals surface area contributed by atoms with Crippen LogP contribution >= 0.6 is 0 Å². The van der Waals surface area contributed by atoms with Crippen LogP contribution in [0.4, 0.5) is 0 Å². The zero-order valence-electron chi connectivity index (χ0n) is 21.5. The normalized spacial score (nSPS) is 14.5. The van der Waals surface area contributed by atoms with Gasteiger partial charge in [-0.1, -0.05) is 19.9 Å². The number of benzene rings is 2. The van der Waals surface area contributed by atoms with Gasteiger partial charge in [-0.2, -0.15) is 0 Å². The highest BCUT2D eigenvalue weighted by atomic mass is 16.5. The lowest BCUT2D eigenvalue weighted by molar-refractivity contribution is -0.0821. The third kappa shape index (κ3) is 4.28. The molecule has 5 rings (SSSR count). The Labute approximate surface area is 207 Å². The largest absolute Gasteiger partial charge is 0.493 e. The van der Waals surface area contributed by atoms with E-state index in [0.29, 0.717) is 12.5 Å². The molecule has 0 saturated carbocycles. The quantitative estimate of drug-likeness (QED) is 0.353. The first-order chi connectivity index (χ1) is 16.7. The van der Waals surface area contributed by atoms with Gasteiger partial charge in [0.05, 0.1) is 29.8 Å². The molecule has 1 unspecified atom stereocenters. The van der Waals surface area contributed by atoms with Crippen LogP contribution in [0.2, 0.25) is 0 Å². The van der Waals surface area contributed by atoms with Crippen molar-refractivity contribution in [3.63, 3.8) is 0 Å². The van der Waals surface area contributed by atoms with E-state index >= 15 is 0 Å². The fourth-order valence-corrected chi connectivity index (χ4v) is 5.18. The lowest BCUT2D eigenvalue weighted by Crippen LogP contribution is -2.25. The topological polar surface area (TPSA) is 64.5 Å². The van der Waals surface area contributed by atoms with E-state index in [0.717, 1.165) is 61.9 Å². The Morgan fingerprint density at radius 3 is 2.63 bits per heavy atom. The van der Waals surface area contributed by atoms with Gasteiger partial charge in [0.25, 0.3) is 0 Å². The van der Waals surface area contributed by atoms with Gasteiger partial charge in [-0.05, 0) is 86.2 Å². The third-order valence-corrected chi connectivity index (χ3v) is 6.68. The summed E-state index contributed by atoms with van der Waals surface area (Å²) >= 11 is 0. The molecule has 0 radical (unpaired) electrons. The van der Waals surface area contributed by atoms with Crippen LogP contribution in [0.5, 0.6) is 5.75 Å². The van der Waals surface area contributed by atoms with Crippen LogP contribution in [0.15, 0.2) is 42.6 Å². The Balaban J connectivity index is 1.88. The number of fused-ring (bicyclic) bond motifs is 1. The van der Waals surface area contributed by atoms with Gasteiger partial charge in [-0.3, -0.25) is 9.97 Å². The highest BCUT2D eigenvalue weighted by Gasteiger charge is 2.28. The van der Waals surface area contributed by atoms with Gasteiger partial charge in [0, 0.05) is 34.6 Å². The van der Waals surface area contributed by atoms with E-state index in [1.807, 2.05) is 27.0 Å². The maximum atomic E-state index is 10.5. The Morgan fingerprint density at radius 2 is 1.91 bits per heavy atom. The minimum absolute atomic E-state index is 0.119. The fraction of sp³-hybridized carbons (Fsp3) is 0.400. The first-order valence-corrected chi connectivity index (χ1v) is 12.4. The molecule has 0 bridgehead atoms. The van der Waals surface area contributed by atoms with Crippen molar-refractivity contribution in [2.45, 2.75) is 65.6 Å². The molecule has 3 heterocycles. The zero-order chi connectivity index (χ0) is 24.9. The Morgan fingerprint density at radius 1 is 1.11 bits per heavy atom. The van der Waals surface area contributed by atoms with Gasteiger partial charge in [0.1, 0.15) is 11.9 Å². The van der Waals surface area contributed by atoms with E-state index in [9.17, 15) is 5.11 Å². The Hall–Kier alpha value is -3.02. The molecule has 1 N–H and O–H groups in total. The van der Waals surface area contributed by atoms with Gasteiger partial charge in [0.15, 0.2) is 0 Å². The highest BCUT2D eigenvalue weighted by molar-refractivity contribution is 6.07. The highest BCUT2D eigenvalue weighted by Crippen LogP contribution is 2.44. The zero-order valence-corrected chi connectivity index (χ0v) is 21.5. The van der Waals surface area contributed by atoms with Crippen LogP contribution in [0.25, 0.3) is 32.9 Å². The van der Waals surface area contributed by atoms with E-state index in [1.54, 1.807) is 0 Å². The summed E-state index contributed by atoms with van der Waals surface area (Å²) in [5, 5.41) is 12.6. The predicted molar refractivity (Wildman–Crippen MR) is 141 cm³/mol. The van der Waals surface area contributed by atoms with Crippen LogP contribution in [0.1, 0.15) is 69.0 Å². The molecule has 0 fully saturated rings. The molecule has 1 aliphatic heterocycles.